The van der Waals surface area contributed by atoms with Crippen molar-refractivity contribution in [2.75, 3.05) is 43.5 Å². The summed E-state index contributed by atoms with van der Waals surface area (Å²) in [5, 5.41) is 5.28. The van der Waals surface area contributed by atoms with Crippen molar-refractivity contribution in [2.45, 2.75) is 6.04 Å². The number of nitrogens with one attached hydrogen (secondary N) is 3. The standard InChI is InChI=1S/C21H24N6O4/c22-19(18(28)11-27-3-5-31-6-4-27)12-7-14(24-10-12)9-16-15-8-13(25-21(23)30)1-2-17(15)26-20(16)29/h1-2,7-10,19,24H,3-6,11,22H2,(H,26,29)(H3,23,25,30)/b16-9-. The van der Waals surface area contributed by atoms with Crippen LogP contribution in [-0.2, 0) is 14.3 Å². The Hall–Kier alpha value is -3.47. The molecular formula is C21H24N6O4. The minimum Gasteiger partial charge on any atom is -0.379 e. The molecule has 0 radical (unpaired) electrons. The van der Waals surface area contributed by atoms with Gasteiger partial charge < -0.3 is 31.8 Å². The van der Waals surface area contributed by atoms with Gasteiger partial charge in [0.2, 0.25) is 0 Å². The molecule has 0 saturated carbocycles. The largest absolute Gasteiger partial charge is 0.379 e. The Bertz CT molecular complexity index is 1050. The lowest BCUT2D eigenvalue weighted by Gasteiger charge is -2.26. The van der Waals surface area contributed by atoms with Crippen molar-refractivity contribution in [2.24, 2.45) is 11.5 Å². The highest BCUT2D eigenvalue weighted by atomic mass is 16.5. The lowest BCUT2D eigenvalue weighted by Crippen LogP contribution is -2.41. The molecular weight excluding hydrogens is 400 g/mol. The van der Waals surface area contributed by atoms with Gasteiger partial charge >= 0.3 is 6.03 Å². The van der Waals surface area contributed by atoms with Crippen LogP contribution in [0.25, 0.3) is 11.6 Å². The summed E-state index contributed by atoms with van der Waals surface area (Å²) in [5.74, 6) is -0.346. The average Bonchev–Trinajstić information content (AvgIpc) is 3.33. The van der Waals surface area contributed by atoms with Gasteiger partial charge in [0, 0.05) is 41.9 Å². The van der Waals surface area contributed by atoms with Gasteiger partial charge in [-0.1, -0.05) is 0 Å². The number of primary amides is 1. The number of urea groups is 1. The van der Waals surface area contributed by atoms with Crippen LogP contribution in [0.15, 0.2) is 30.5 Å². The Labute approximate surface area is 178 Å². The third-order valence-electron chi connectivity index (χ3n) is 5.29. The lowest BCUT2D eigenvalue weighted by atomic mass is 10.0. The molecule has 1 atom stereocenters. The predicted octanol–water partition coefficient (Wildman–Crippen LogP) is 0.899. The number of rotatable bonds is 6. The van der Waals surface area contributed by atoms with E-state index >= 15 is 0 Å². The molecule has 0 spiro atoms. The minimum absolute atomic E-state index is 0.0776. The Morgan fingerprint density at radius 2 is 2.03 bits per heavy atom. The summed E-state index contributed by atoms with van der Waals surface area (Å²) in [4.78, 5) is 41.2. The number of carbonyl (C=O) groups excluding carboxylic acids is 3. The Morgan fingerprint density at radius 1 is 1.26 bits per heavy atom. The molecule has 1 aromatic heterocycles. The van der Waals surface area contributed by atoms with Gasteiger partial charge in [-0.05, 0) is 35.9 Å². The van der Waals surface area contributed by atoms with Crippen molar-refractivity contribution in [3.8, 4) is 0 Å². The van der Waals surface area contributed by atoms with Crippen molar-refractivity contribution in [3.63, 3.8) is 0 Å². The fourth-order valence-corrected chi connectivity index (χ4v) is 3.66. The van der Waals surface area contributed by atoms with E-state index in [0.717, 1.165) is 0 Å². The SMILES string of the molecule is NC(=O)Nc1ccc2c(c1)/C(=C/c1cc(C(N)C(=O)CN3CCOCC3)c[nH]1)C(=O)N2. The maximum atomic E-state index is 12.6. The van der Waals surface area contributed by atoms with E-state index in [9.17, 15) is 14.4 Å². The third kappa shape index (κ3) is 4.66. The van der Waals surface area contributed by atoms with Gasteiger partial charge in [0.1, 0.15) is 0 Å². The first kappa shape index (κ1) is 20.8. The summed E-state index contributed by atoms with van der Waals surface area (Å²) in [6.45, 7) is 2.93. The Morgan fingerprint density at radius 3 is 2.77 bits per heavy atom. The molecule has 162 valence electrons. The molecule has 1 fully saturated rings. The van der Waals surface area contributed by atoms with E-state index in [1.165, 1.54) is 0 Å². The molecule has 1 unspecified atom stereocenters. The van der Waals surface area contributed by atoms with Crippen LogP contribution in [0, 0.1) is 0 Å². The van der Waals surface area contributed by atoms with Gasteiger partial charge in [-0.15, -0.1) is 0 Å². The second-order valence-electron chi connectivity index (χ2n) is 7.48. The number of aromatic nitrogens is 1. The molecule has 0 aliphatic carbocycles. The highest BCUT2D eigenvalue weighted by Gasteiger charge is 2.25. The van der Waals surface area contributed by atoms with E-state index in [1.807, 2.05) is 4.90 Å². The van der Waals surface area contributed by atoms with E-state index < -0.39 is 12.1 Å². The van der Waals surface area contributed by atoms with Crippen molar-refractivity contribution in [3.05, 3.63) is 47.3 Å². The summed E-state index contributed by atoms with van der Waals surface area (Å²) in [7, 11) is 0. The van der Waals surface area contributed by atoms with Gasteiger partial charge in [-0.3, -0.25) is 14.5 Å². The first-order valence-corrected chi connectivity index (χ1v) is 9.91. The Kier molecular flexibility index (Phi) is 5.85. The highest BCUT2D eigenvalue weighted by Crippen LogP contribution is 2.35. The van der Waals surface area contributed by atoms with Crippen molar-refractivity contribution in [1.82, 2.24) is 9.88 Å². The topological polar surface area (TPSA) is 156 Å². The van der Waals surface area contributed by atoms with E-state index in [1.54, 1.807) is 36.5 Å². The number of H-pyrrole nitrogens is 1. The number of ether oxygens (including phenoxy) is 1. The highest BCUT2D eigenvalue weighted by molar-refractivity contribution is 6.35. The second-order valence-corrected chi connectivity index (χ2v) is 7.48. The molecule has 31 heavy (non-hydrogen) atoms. The maximum Gasteiger partial charge on any atom is 0.316 e. The van der Waals surface area contributed by atoms with Crippen LogP contribution in [-0.4, -0.2) is 60.5 Å². The van der Waals surface area contributed by atoms with Crippen LogP contribution in [0.3, 0.4) is 0 Å². The summed E-state index contributed by atoms with van der Waals surface area (Å²) in [5.41, 5.74) is 14.8. The number of benzene rings is 1. The van der Waals surface area contributed by atoms with E-state index in [2.05, 4.69) is 15.6 Å². The molecule has 10 nitrogen and oxygen atoms in total. The third-order valence-corrected chi connectivity index (χ3v) is 5.29. The number of nitrogens with two attached hydrogens (primary N) is 2. The normalized spacial score (nSPS) is 18.5. The molecule has 0 bridgehead atoms. The molecule has 7 N–H and O–H groups in total. The number of fused-ring (bicyclic) bond motifs is 1. The summed E-state index contributed by atoms with van der Waals surface area (Å²) in [6.07, 6.45) is 3.35. The molecule has 2 aromatic rings. The minimum atomic E-state index is -0.762. The lowest BCUT2D eigenvalue weighted by molar-refractivity contribution is -0.122. The molecule has 4 rings (SSSR count). The smallest absolute Gasteiger partial charge is 0.316 e. The van der Waals surface area contributed by atoms with Gasteiger partial charge in [-0.25, -0.2) is 4.79 Å². The number of amides is 3. The van der Waals surface area contributed by atoms with Crippen LogP contribution in [0.5, 0.6) is 0 Å². The number of nitrogens with zero attached hydrogens (tertiary/aromatic N) is 1. The summed E-state index contributed by atoms with van der Waals surface area (Å²) >= 11 is 0. The number of morpholine rings is 1. The zero-order chi connectivity index (χ0) is 22.0. The molecule has 1 aromatic carbocycles. The molecule has 3 amide bonds. The van der Waals surface area contributed by atoms with Crippen LogP contribution in [0.1, 0.15) is 22.9 Å². The predicted molar refractivity (Wildman–Crippen MR) is 116 cm³/mol. The number of hydrogen-bond donors (Lipinski definition) is 5. The summed E-state index contributed by atoms with van der Waals surface area (Å²) in [6, 6.07) is 5.32. The molecule has 3 heterocycles. The number of anilines is 2. The van der Waals surface area contributed by atoms with Gasteiger partial charge in [0.15, 0.2) is 5.78 Å². The fraction of sp³-hybridized carbons (Fsp3) is 0.286. The number of Topliss-reactive ketones (excluding diaryl/α,β-unsaturated/α-hetero) is 1. The molecule has 2 aliphatic heterocycles. The monoisotopic (exact) mass is 424 g/mol. The van der Waals surface area contributed by atoms with Crippen LogP contribution in [0.2, 0.25) is 0 Å². The quantitative estimate of drug-likeness (QED) is 0.434. The molecule has 2 aliphatic rings. The summed E-state index contributed by atoms with van der Waals surface area (Å²) < 4.78 is 5.30. The molecule has 10 heteroatoms. The van der Waals surface area contributed by atoms with Gasteiger partial charge in [0.05, 0.1) is 31.4 Å². The first-order valence-electron chi connectivity index (χ1n) is 9.91. The van der Waals surface area contributed by atoms with Crippen LogP contribution < -0.4 is 22.1 Å². The van der Waals surface area contributed by atoms with Gasteiger partial charge in [-0.2, -0.15) is 0 Å². The van der Waals surface area contributed by atoms with Crippen LogP contribution >= 0.6 is 0 Å². The number of hydrogen-bond acceptors (Lipinski definition) is 6. The zero-order valence-corrected chi connectivity index (χ0v) is 16.8. The van der Waals surface area contributed by atoms with Crippen LogP contribution in [0.4, 0.5) is 16.2 Å². The van der Waals surface area contributed by atoms with E-state index in [0.29, 0.717) is 60.1 Å². The van der Waals surface area contributed by atoms with E-state index in [-0.39, 0.29) is 18.2 Å². The number of ketones is 1. The number of aromatic amines is 1. The van der Waals surface area contributed by atoms with Crippen molar-refractivity contribution >= 4 is 40.7 Å². The van der Waals surface area contributed by atoms with E-state index in [4.69, 9.17) is 16.2 Å². The molecule has 1 saturated heterocycles. The average molecular weight is 424 g/mol. The number of carbonyl (C=O) groups is 3. The Balaban J connectivity index is 1.51. The van der Waals surface area contributed by atoms with Gasteiger partial charge in [0.25, 0.3) is 5.91 Å². The van der Waals surface area contributed by atoms with Crippen molar-refractivity contribution < 1.29 is 19.1 Å². The maximum absolute atomic E-state index is 12.6. The fourth-order valence-electron chi connectivity index (χ4n) is 3.66. The first-order chi connectivity index (χ1) is 14.9. The second kappa shape index (κ2) is 8.72. The zero-order valence-electron chi connectivity index (χ0n) is 16.8. The van der Waals surface area contributed by atoms with Crippen molar-refractivity contribution in [1.29, 1.82) is 0 Å².